The molecule has 0 spiro atoms. The van der Waals surface area contributed by atoms with Gasteiger partial charge in [0.1, 0.15) is 18.0 Å². The van der Waals surface area contributed by atoms with Gasteiger partial charge >= 0.3 is 11.9 Å². The zero-order chi connectivity index (χ0) is 33.1. The molecule has 7 nitrogen and oxygen atoms in total. The van der Waals surface area contributed by atoms with Gasteiger partial charge in [0, 0.05) is 66.6 Å². The minimum atomic E-state index is -0.570. The molecule has 0 aliphatic carbocycles. The third kappa shape index (κ3) is 5.12. The third-order valence-electron chi connectivity index (χ3n) is 9.42. The molecule has 3 aromatic rings. The Morgan fingerprint density at radius 1 is 0.848 bits per heavy atom. The summed E-state index contributed by atoms with van der Waals surface area (Å²) in [7, 11) is 0. The molecular formula is C39H43N2O5+. The first-order valence-corrected chi connectivity index (χ1v) is 16.0. The molecule has 0 unspecified atom stereocenters. The number of carbonyl (C=O) groups excluding carboxylic acids is 2. The van der Waals surface area contributed by atoms with E-state index in [2.05, 4.69) is 101 Å². The highest BCUT2D eigenvalue weighted by molar-refractivity contribution is 6.00. The Balaban J connectivity index is 1.69. The molecule has 0 fully saturated rings. The van der Waals surface area contributed by atoms with Crippen molar-refractivity contribution in [3.8, 4) is 11.5 Å². The van der Waals surface area contributed by atoms with Gasteiger partial charge in [-0.15, -0.1) is 0 Å². The van der Waals surface area contributed by atoms with Crippen LogP contribution in [0.15, 0.2) is 60.7 Å². The van der Waals surface area contributed by atoms with E-state index in [-0.39, 0.29) is 11.1 Å². The maximum atomic E-state index is 13.5. The molecule has 6 rings (SSSR count). The largest absolute Gasteiger partial charge is 0.456 e. The summed E-state index contributed by atoms with van der Waals surface area (Å²) in [4.78, 5) is 27.3. The van der Waals surface area contributed by atoms with Crippen LogP contribution < -0.4 is 24.8 Å². The Morgan fingerprint density at radius 2 is 1.57 bits per heavy atom. The second-order valence-corrected chi connectivity index (χ2v) is 13.4. The van der Waals surface area contributed by atoms with E-state index >= 15 is 0 Å². The number of fused-ring (bicyclic) bond motifs is 4. The van der Waals surface area contributed by atoms with Gasteiger partial charge in [-0.1, -0.05) is 24.3 Å². The average molecular weight is 620 g/mol. The van der Waals surface area contributed by atoms with Gasteiger partial charge in [-0.05, 0) is 82.5 Å². The highest BCUT2D eigenvalue weighted by Crippen LogP contribution is 2.46. The summed E-state index contributed by atoms with van der Waals surface area (Å²) in [5.41, 5.74) is 8.34. The number of likely N-dealkylation sites (N-methyl/N-ethyl adjacent to an activating group) is 2. The molecule has 3 aliphatic heterocycles. The molecule has 46 heavy (non-hydrogen) atoms. The number of benzene rings is 3. The Labute approximate surface area is 271 Å². The van der Waals surface area contributed by atoms with E-state index in [0.29, 0.717) is 5.56 Å². The Hall–Kier alpha value is -4.65. The molecule has 0 saturated carbocycles. The molecular weight excluding hydrogens is 576 g/mol. The first kappa shape index (κ1) is 31.3. The fraction of sp³-hybridized carbons (Fsp3) is 0.359. The van der Waals surface area contributed by atoms with Crippen molar-refractivity contribution in [2.24, 2.45) is 0 Å². The molecule has 3 aliphatic rings. The lowest BCUT2D eigenvalue weighted by molar-refractivity contribution is -0.149. The van der Waals surface area contributed by atoms with Gasteiger partial charge in [-0.25, -0.2) is 9.37 Å². The predicted molar refractivity (Wildman–Crippen MR) is 183 cm³/mol. The first-order valence-electron chi connectivity index (χ1n) is 16.0. The van der Waals surface area contributed by atoms with Crippen LogP contribution in [0.3, 0.4) is 0 Å². The number of hydrogen-bond acceptors (Lipinski definition) is 6. The number of nitrogens with zero attached hydrogens (tertiary/aromatic N) is 2. The standard InChI is InChI=1S/C39H43N2O5/c1-10-40-32-18-34-30(16-28(32)23(3)20-38(40,6)7)36(26-14-12-13-15-27(26)37(43)45-22-44-25(5)42)31-17-29-24(4)21-39(8,9)41(11-2)33(29)19-35(31)46-34/h12-21H,10-11,22H2,1-9H3/q+1. The van der Waals surface area contributed by atoms with Crippen molar-refractivity contribution in [1.29, 1.82) is 0 Å². The number of ether oxygens (including phenoxy) is 3. The van der Waals surface area contributed by atoms with Gasteiger partial charge < -0.3 is 19.1 Å². The predicted octanol–water partition coefficient (Wildman–Crippen LogP) is 6.45. The van der Waals surface area contributed by atoms with Gasteiger partial charge in [-0.3, -0.25) is 4.79 Å². The lowest BCUT2D eigenvalue weighted by atomic mass is 9.83. The fourth-order valence-electron chi connectivity index (χ4n) is 7.60. The quantitative estimate of drug-likeness (QED) is 0.141. The zero-order valence-corrected chi connectivity index (χ0v) is 28.3. The van der Waals surface area contributed by atoms with E-state index in [1.54, 1.807) is 6.07 Å². The number of esters is 2. The summed E-state index contributed by atoms with van der Waals surface area (Å²) < 4.78 is 19.6. The number of hydrogen-bond donors (Lipinski definition) is 0. The minimum Gasteiger partial charge on any atom is -0.456 e. The molecule has 0 N–H and O–H groups in total. The number of anilines is 1. The van der Waals surface area contributed by atoms with Crippen LogP contribution in [0.2, 0.25) is 0 Å². The highest BCUT2D eigenvalue weighted by atomic mass is 16.7. The molecule has 0 atom stereocenters. The van der Waals surface area contributed by atoms with Crippen LogP contribution in [0.5, 0.6) is 11.5 Å². The molecule has 238 valence electrons. The topological polar surface area (TPSA) is 68.1 Å². The number of allylic oxidation sites excluding steroid dienone is 2. The molecule has 3 heterocycles. The van der Waals surface area contributed by atoms with Crippen LogP contribution in [-0.2, 0) is 14.3 Å². The lowest BCUT2D eigenvalue weighted by Gasteiger charge is -2.43. The normalized spacial score (nSPS) is 17.0. The number of rotatable bonds is 6. The lowest BCUT2D eigenvalue weighted by Crippen LogP contribution is -2.49. The first-order chi connectivity index (χ1) is 21.8. The highest BCUT2D eigenvalue weighted by Gasteiger charge is 2.36. The maximum absolute atomic E-state index is 13.5. The van der Waals surface area contributed by atoms with Crippen molar-refractivity contribution in [2.75, 3.05) is 24.8 Å². The monoisotopic (exact) mass is 619 g/mol. The molecule has 0 radical (unpaired) electrons. The SMILES string of the molecule is CCN1c2cc3c(cc2C(C)=CC1(C)C)C(c1ccccc1C(=O)OCOC(C)=O)=c1cc2c(cc1O3)=[N+](CC)C(C)(C)C=C2C. The van der Waals surface area contributed by atoms with Gasteiger partial charge in [0.25, 0.3) is 0 Å². The van der Waals surface area contributed by atoms with Gasteiger partial charge in [0.2, 0.25) is 12.2 Å². The van der Waals surface area contributed by atoms with Gasteiger partial charge in [0.05, 0.1) is 17.2 Å². The second-order valence-electron chi connectivity index (χ2n) is 13.4. The summed E-state index contributed by atoms with van der Waals surface area (Å²) in [6, 6.07) is 16.2. The van der Waals surface area contributed by atoms with Crippen LogP contribution in [-0.4, -0.2) is 42.9 Å². The van der Waals surface area contributed by atoms with E-state index < -0.39 is 18.7 Å². The van der Waals surface area contributed by atoms with Crippen molar-refractivity contribution in [3.63, 3.8) is 0 Å². The minimum absolute atomic E-state index is 0.159. The zero-order valence-electron chi connectivity index (χ0n) is 28.3. The molecule has 0 bridgehead atoms. The molecule has 0 saturated heterocycles. The van der Waals surface area contributed by atoms with Crippen LogP contribution in [0.4, 0.5) is 5.69 Å². The van der Waals surface area contributed by atoms with E-state index in [1.165, 1.54) is 18.1 Å². The maximum Gasteiger partial charge on any atom is 0.341 e. The summed E-state index contributed by atoms with van der Waals surface area (Å²) in [5.74, 6) is 0.384. The molecule has 0 aromatic heterocycles. The summed E-state index contributed by atoms with van der Waals surface area (Å²) >= 11 is 0. The number of carbonyl (C=O) groups is 2. The van der Waals surface area contributed by atoms with E-state index in [1.807, 2.05) is 18.2 Å². The van der Waals surface area contributed by atoms with Crippen LogP contribution in [0, 0.1) is 0 Å². The van der Waals surface area contributed by atoms with Crippen molar-refractivity contribution in [1.82, 2.24) is 4.58 Å². The smallest absolute Gasteiger partial charge is 0.341 e. The van der Waals surface area contributed by atoms with Crippen molar-refractivity contribution in [2.45, 2.75) is 73.4 Å². The summed E-state index contributed by atoms with van der Waals surface area (Å²) in [5, 5.41) is 2.02. The Bertz CT molecular complexity index is 2000. The Morgan fingerprint density at radius 3 is 2.26 bits per heavy atom. The van der Waals surface area contributed by atoms with E-state index in [4.69, 9.17) is 14.2 Å². The second kappa shape index (κ2) is 11.3. The van der Waals surface area contributed by atoms with Gasteiger partial charge in [-0.2, -0.15) is 0 Å². The third-order valence-corrected chi connectivity index (χ3v) is 9.42. The van der Waals surface area contributed by atoms with Crippen molar-refractivity contribution < 1.29 is 23.8 Å². The van der Waals surface area contributed by atoms with Crippen LogP contribution >= 0.6 is 0 Å². The van der Waals surface area contributed by atoms with Gasteiger partial charge in [0.15, 0.2) is 5.54 Å². The summed E-state index contributed by atoms with van der Waals surface area (Å²) in [6.07, 6.45) is 4.63. The van der Waals surface area contributed by atoms with E-state index in [9.17, 15) is 9.59 Å². The molecule has 7 heteroatoms. The molecule has 3 aromatic carbocycles. The fourth-order valence-corrected chi connectivity index (χ4v) is 7.60. The molecule has 0 amide bonds. The van der Waals surface area contributed by atoms with Crippen LogP contribution in [0.25, 0.3) is 16.7 Å². The Kier molecular flexibility index (Phi) is 7.70. The average Bonchev–Trinajstić information content (AvgIpc) is 2.98. The van der Waals surface area contributed by atoms with Crippen LogP contribution in [0.1, 0.15) is 94.9 Å². The van der Waals surface area contributed by atoms with E-state index in [0.717, 1.165) is 68.7 Å². The van der Waals surface area contributed by atoms with Crippen molar-refractivity contribution >= 4 is 34.3 Å². The van der Waals surface area contributed by atoms with Crippen molar-refractivity contribution in [3.05, 3.63) is 99.1 Å². The summed E-state index contributed by atoms with van der Waals surface area (Å²) in [6.45, 7) is 20.1.